The molecule has 0 atom stereocenters. The van der Waals surface area contributed by atoms with E-state index >= 15 is 0 Å². The summed E-state index contributed by atoms with van der Waals surface area (Å²) in [6.07, 6.45) is 1.96. The second-order valence-electron chi connectivity index (χ2n) is 6.96. The van der Waals surface area contributed by atoms with Gasteiger partial charge in [0, 0.05) is 16.7 Å². The number of aromatic nitrogens is 2. The number of aryl methyl sites for hydroxylation is 1. The van der Waals surface area contributed by atoms with Gasteiger partial charge in [0.15, 0.2) is 11.5 Å². The lowest BCUT2D eigenvalue weighted by molar-refractivity contribution is -0.113. The number of fused-ring (bicyclic) bond motifs is 1. The molecule has 0 saturated carbocycles. The number of rotatable bonds is 7. The normalized spacial score (nSPS) is 10.8. The van der Waals surface area contributed by atoms with Crippen LogP contribution in [0.2, 0.25) is 0 Å². The summed E-state index contributed by atoms with van der Waals surface area (Å²) in [6.45, 7) is 2.01. The summed E-state index contributed by atoms with van der Waals surface area (Å²) in [5.74, 6) is 2.07. The average Bonchev–Trinajstić information content (AvgIpc) is 3.15. The quantitative estimate of drug-likeness (QED) is 0.413. The minimum Gasteiger partial charge on any atom is -0.493 e. The van der Waals surface area contributed by atoms with E-state index in [-0.39, 0.29) is 5.91 Å². The van der Waals surface area contributed by atoms with Crippen molar-refractivity contribution in [2.75, 3.05) is 25.3 Å². The van der Waals surface area contributed by atoms with Crippen LogP contribution in [0.4, 0.5) is 5.82 Å². The Morgan fingerprint density at radius 1 is 1.03 bits per heavy atom. The molecule has 0 fully saturated rings. The van der Waals surface area contributed by atoms with Gasteiger partial charge in [-0.05, 0) is 48.9 Å². The van der Waals surface area contributed by atoms with Gasteiger partial charge in [-0.2, -0.15) is 0 Å². The lowest BCUT2D eigenvalue weighted by atomic mass is 10.1. The number of carbonyl (C=O) groups excluding carboxylic acids is 1. The van der Waals surface area contributed by atoms with Crippen LogP contribution < -0.4 is 14.8 Å². The molecule has 0 aliphatic heterocycles. The molecule has 158 valence electrons. The zero-order chi connectivity index (χ0) is 21.8. The number of anilines is 1. The van der Waals surface area contributed by atoms with E-state index in [1.807, 2.05) is 78.2 Å². The molecule has 0 unspecified atom stereocenters. The lowest BCUT2D eigenvalue weighted by Crippen LogP contribution is -2.16. The number of amides is 1. The van der Waals surface area contributed by atoms with Gasteiger partial charge in [-0.15, -0.1) is 11.8 Å². The number of methoxy groups -OCH3 is 2. The molecule has 2 aromatic carbocycles. The Balaban J connectivity index is 1.69. The van der Waals surface area contributed by atoms with Crippen LogP contribution in [0.5, 0.6) is 11.5 Å². The van der Waals surface area contributed by atoms with Crippen LogP contribution >= 0.6 is 11.8 Å². The van der Waals surface area contributed by atoms with Crippen molar-refractivity contribution in [2.45, 2.75) is 11.8 Å². The van der Waals surface area contributed by atoms with E-state index < -0.39 is 0 Å². The molecule has 6 nitrogen and oxygen atoms in total. The number of nitrogens with one attached hydrogen (secondary N) is 1. The summed E-state index contributed by atoms with van der Waals surface area (Å²) in [6, 6.07) is 19.4. The van der Waals surface area contributed by atoms with Crippen LogP contribution in [-0.2, 0) is 4.79 Å². The van der Waals surface area contributed by atoms with Crippen molar-refractivity contribution in [1.29, 1.82) is 0 Å². The number of ether oxygens (including phenoxy) is 2. The topological polar surface area (TPSA) is 64.9 Å². The Morgan fingerprint density at radius 2 is 1.81 bits per heavy atom. The molecule has 7 heteroatoms. The standard InChI is InChI=1S/C24H23N3O3S/c1-16-9-12-21-25-23(17-10-11-19(29-2)20(13-17)30-3)24(27(21)14-16)26-22(28)15-31-18-7-5-4-6-8-18/h4-14H,15H2,1-3H3,(H,26,28). The third kappa shape index (κ3) is 4.51. The molecule has 0 aliphatic carbocycles. The van der Waals surface area contributed by atoms with Crippen LogP contribution in [0.3, 0.4) is 0 Å². The molecule has 0 bridgehead atoms. The highest BCUT2D eigenvalue weighted by atomic mass is 32.2. The Bertz CT molecular complexity index is 1220. The molecule has 1 N–H and O–H groups in total. The number of benzene rings is 2. The van der Waals surface area contributed by atoms with E-state index in [9.17, 15) is 4.79 Å². The average molecular weight is 434 g/mol. The maximum atomic E-state index is 12.8. The molecular weight excluding hydrogens is 410 g/mol. The van der Waals surface area contributed by atoms with Crippen LogP contribution in [0.15, 0.2) is 71.8 Å². The second-order valence-corrected chi connectivity index (χ2v) is 8.01. The SMILES string of the molecule is COc1ccc(-c2nc3ccc(C)cn3c2NC(=O)CSc2ccccc2)cc1OC. The third-order valence-corrected chi connectivity index (χ3v) is 5.81. The molecule has 31 heavy (non-hydrogen) atoms. The molecule has 0 radical (unpaired) electrons. The van der Waals surface area contributed by atoms with Crippen LogP contribution in [0.25, 0.3) is 16.9 Å². The smallest absolute Gasteiger partial charge is 0.235 e. The van der Waals surface area contributed by atoms with Crippen molar-refractivity contribution >= 4 is 29.1 Å². The van der Waals surface area contributed by atoms with Crippen molar-refractivity contribution in [3.8, 4) is 22.8 Å². The zero-order valence-corrected chi connectivity index (χ0v) is 18.4. The highest BCUT2D eigenvalue weighted by Gasteiger charge is 2.18. The molecule has 4 aromatic rings. The van der Waals surface area contributed by atoms with Gasteiger partial charge in [0.25, 0.3) is 0 Å². The van der Waals surface area contributed by atoms with Crippen LogP contribution in [0, 0.1) is 6.92 Å². The van der Waals surface area contributed by atoms with Crippen LogP contribution in [-0.4, -0.2) is 35.3 Å². The Labute approximate surface area is 185 Å². The van der Waals surface area contributed by atoms with E-state index in [0.29, 0.717) is 28.8 Å². The van der Waals surface area contributed by atoms with E-state index in [1.165, 1.54) is 11.8 Å². The summed E-state index contributed by atoms with van der Waals surface area (Å²) < 4.78 is 12.7. The fourth-order valence-corrected chi connectivity index (χ4v) is 4.01. The van der Waals surface area contributed by atoms with Crippen molar-refractivity contribution in [3.63, 3.8) is 0 Å². The first-order valence-corrected chi connectivity index (χ1v) is 10.8. The summed E-state index contributed by atoms with van der Waals surface area (Å²) in [7, 11) is 3.19. The van der Waals surface area contributed by atoms with E-state index in [2.05, 4.69) is 5.32 Å². The molecule has 2 heterocycles. The summed E-state index contributed by atoms with van der Waals surface area (Å²) in [5, 5.41) is 3.06. The molecule has 4 rings (SSSR count). The predicted octanol–water partition coefficient (Wildman–Crippen LogP) is 5.06. The molecule has 0 saturated heterocycles. The van der Waals surface area contributed by atoms with Gasteiger partial charge in [0.05, 0.1) is 20.0 Å². The van der Waals surface area contributed by atoms with Gasteiger partial charge in [0.1, 0.15) is 17.2 Å². The van der Waals surface area contributed by atoms with E-state index in [1.54, 1.807) is 14.2 Å². The molecule has 0 spiro atoms. The Morgan fingerprint density at radius 3 is 2.55 bits per heavy atom. The summed E-state index contributed by atoms with van der Waals surface area (Å²) in [4.78, 5) is 18.6. The number of hydrogen-bond acceptors (Lipinski definition) is 5. The number of thioether (sulfide) groups is 1. The van der Waals surface area contributed by atoms with Gasteiger partial charge in [-0.25, -0.2) is 4.98 Å². The highest BCUT2D eigenvalue weighted by molar-refractivity contribution is 8.00. The van der Waals surface area contributed by atoms with Gasteiger partial charge < -0.3 is 14.8 Å². The maximum Gasteiger partial charge on any atom is 0.235 e. The Kier molecular flexibility index (Phi) is 6.13. The first-order valence-electron chi connectivity index (χ1n) is 9.78. The summed E-state index contributed by atoms with van der Waals surface area (Å²) in [5.41, 5.74) is 3.31. The first-order chi connectivity index (χ1) is 15.1. The largest absolute Gasteiger partial charge is 0.493 e. The molecule has 0 aliphatic rings. The van der Waals surface area contributed by atoms with Crippen molar-refractivity contribution in [2.24, 2.45) is 0 Å². The highest BCUT2D eigenvalue weighted by Crippen LogP contribution is 2.35. The lowest BCUT2D eigenvalue weighted by Gasteiger charge is -2.11. The van der Waals surface area contributed by atoms with Crippen molar-refractivity contribution in [1.82, 2.24) is 9.38 Å². The van der Waals surface area contributed by atoms with E-state index in [0.717, 1.165) is 21.7 Å². The monoisotopic (exact) mass is 433 g/mol. The number of carbonyl (C=O) groups is 1. The van der Waals surface area contributed by atoms with E-state index in [4.69, 9.17) is 14.5 Å². The van der Waals surface area contributed by atoms with Crippen molar-refractivity contribution in [3.05, 3.63) is 72.4 Å². The number of hydrogen-bond donors (Lipinski definition) is 1. The predicted molar refractivity (Wildman–Crippen MR) is 124 cm³/mol. The Hall–Kier alpha value is -3.45. The maximum absolute atomic E-state index is 12.8. The minimum atomic E-state index is -0.0983. The fourth-order valence-electron chi connectivity index (χ4n) is 3.29. The first kappa shape index (κ1) is 20.8. The second kappa shape index (κ2) is 9.14. The third-order valence-electron chi connectivity index (χ3n) is 4.79. The van der Waals surface area contributed by atoms with Crippen LogP contribution in [0.1, 0.15) is 5.56 Å². The number of pyridine rings is 1. The number of imidazole rings is 1. The molecule has 1 amide bonds. The van der Waals surface area contributed by atoms with Gasteiger partial charge in [0.2, 0.25) is 5.91 Å². The van der Waals surface area contributed by atoms with Gasteiger partial charge in [-0.3, -0.25) is 9.20 Å². The minimum absolute atomic E-state index is 0.0983. The zero-order valence-electron chi connectivity index (χ0n) is 17.6. The van der Waals surface area contributed by atoms with Gasteiger partial charge in [-0.1, -0.05) is 24.3 Å². The fraction of sp³-hybridized carbons (Fsp3) is 0.167. The molecule has 2 aromatic heterocycles. The summed E-state index contributed by atoms with van der Waals surface area (Å²) >= 11 is 1.49. The number of nitrogens with zero attached hydrogens (tertiary/aromatic N) is 2. The van der Waals surface area contributed by atoms with Gasteiger partial charge >= 0.3 is 0 Å². The molecular formula is C24H23N3O3S. The van der Waals surface area contributed by atoms with Crippen molar-refractivity contribution < 1.29 is 14.3 Å².